The molecule has 3 aliphatic rings. The summed E-state index contributed by atoms with van der Waals surface area (Å²) in [4.78, 5) is 15.7. The highest BCUT2D eigenvalue weighted by Gasteiger charge is 2.65. The van der Waals surface area contributed by atoms with Crippen molar-refractivity contribution in [3.63, 3.8) is 0 Å². The number of nitrogens with zero attached hydrogens (tertiary/aromatic N) is 1. The summed E-state index contributed by atoms with van der Waals surface area (Å²) < 4.78 is 5.28. The average molecular weight is 266 g/mol. The molecule has 1 aromatic rings. The van der Waals surface area contributed by atoms with Crippen LogP contribution in [0.4, 0.5) is 0 Å². The lowest BCUT2D eigenvalue weighted by Crippen LogP contribution is -2.74. The molecule has 1 heterocycles. The minimum atomic E-state index is -0.103. The van der Waals surface area contributed by atoms with E-state index in [1.807, 2.05) is 0 Å². The fourth-order valence-corrected chi connectivity index (χ4v) is 3.16. The molecule has 3 saturated carbocycles. The van der Waals surface area contributed by atoms with Gasteiger partial charge in [-0.15, -0.1) is 0 Å². The lowest BCUT2D eigenvalue weighted by Gasteiger charge is -2.69. The van der Waals surface area contributed by atoms with E-state index in [2.05, 4.69) is 17.2 Å². The molecule has 3 fully saturated rings. The van der Waals surface area contributed by atoms with Gasteiger partial charge in [0.2, 0.25) is 5.88 Å². The van der Waals surface area contributed by atoms with Gasteiger partial charge in [-0.1, -0.05) is 11.6 Å². The summed E-state index contributed by atoms with van der Waals surface area (Å²) >= 11 is 5.70. The Morgan fingerprint density at radius 3 is 2.78 bits per heavy atom. The van der Waals surface area contributed by atoms with Crippen molar-refractivity contribution in [1.29, 1.82) is 0 Å². The number of pyridine rings is 1. The Balaban J connectivity index is 1.46. The molecule has 95 valence electrons. The number of carbonyl (C=O) groups is 1. The van der Waals surface area contributed by atoms with Gasteiger partial charge < -0.3 is 10.1 Å². The van der Waals surface area contributed by atoms with E-state index < -0.39 is 0 Å². The van der Waals surface area contributed by atoms with Crippen LogP contribution in [-0.4, -0.2) is 23.0 Å². The normalized spacial score (nSPS) is 32.1. The van der Waals surface area contributed by atoms with E-state index in [9.17, 15) is 4.79 Å². The Hall–Kier alpha value is -1.29. The average Bonchev–Trinajstić information content (AvgIpc) is 2.25. The van der Waals surface area contributed by atoms with Crippen LogP contribution in [0.15, 0.2) is 18.3 Å². The van der Waals surface area contributed by atoms with Gasteiger partial charge in [0, 0.05) is 17.8 Å². The summed E-state index contributed by atoms with van der Waals surface area (Å²) in [6.45, 7) is 4.08. The first-order chi connectivity index (χ1) is 8.49. The molecule has 4 nitrogen and oxygen atoms in total. The van der Waals surface area contributed by atoms with Crippen molar-refractivity contribution in [2.75, 3.05) is 6.61 Å². The van der Waals surface area contributed by atoms with Crippen LogP contribution in [-0.2, 0) is 4.79 Å². The fraction of sp³-hybridized carbons (Fsp3) is 0.462. The first-order valence-corrected chi connectivity index (χ1v) is 6.27. The highest BCUT2D eigenvalue weighted by molar-refractivity contribution is 6.30. The number of ether oxygens (including phenoxy) is 1. The maximum atomic E-state index is 11.7. The van der Waals surface area contributed by atoms with E-state index >= 15 is 0 Å². The lowest BCUT2D eigenvalue weighted by atomic mass is 9.40. The summed E-state index contributed by atoms with van der Waals surface area (Å²) in [6.07, 6.45) is 4.46. The van der Waals surface area contributed by atoms with Gasteiger partial charge >= 0.3 is 0 Å². The molecule has 1 aromatic heterocycles. The van der Waals surface area contributed by atoms with Gasteiger partial charge in [-0.25, -0.2) is 4.98 Å². The first-order valence-electron chi connectivity index (χ1n) is 5.90. The van der Waals surface area contributed by atoms with Gasteiger partial charge in [0.15, 0.2) is 6.61 Å². The van der Waals surface area contributed by atoms with E-state index in [-0.39, 0.29) is 23.5 Å². The molecule has 0 unspecified atom stereocenters. The summed E-state index contributed by atoms with van der Waals surface area (Å²) in [5.41, 5.74) is 0.251. The largest absolute Gasteiger partial charge is 0.468 e. The number of halogens is 1. The summed E-state index contributed by atoms with van der Waals surface area (Å²) in [7, 11) is 0. The van der Waals surface area contributed by atoms with Gasteiger partial charge in [0.05, 0.1) is 5.02 Å². The standard InChI is InChI=1S/C13H14ClN2O2/c1-12-6-13(7-12,8-12)16-10(17)5-18-11-3-2-9(14)4-15-11/h2-4H,1,5-8H2,(H,16,17). The van der Waals surface area contributed by atoms with Gasteiger partial charge in [0.1, 0.15) is 0 Å². The Morgan fingerprint density at radius 2 is 2.22 bits per heavy atom. The summed E-state index contributed by atoms with van der Waals surface area (Å²) in [5.74, 6) is 0.300. The van der Waals surface area contributed by atoms with Crippen molar-refractivity contribution in [3.8, 4) is 5.88 Å². The fourth-order valence-electron chi connectivity index (χ4n) is 3.05. The molecule has 0 atom stereocenters. The maximum absolute atomic E-state index is 11.7. The second-order valence-electron chi connectivity index (χ2n) is 5.46. The van der Waals surface area contributed by atoms with Crippen molar-refractivity contribution in [1.82, 2.24) is 10.3 Å². The van der Waals surface area contributed by atoms with Crippen molar-refractivity contribution < 1.29 is 9.53 Å². The zero-order valence-corrected chi connectivity index (χ0v) is 10.7. The number of carbonyl (C=O) groups excluding carboxylic acids is 1. The minimum Gasteiger partial charge on any atom is -0.468 e. The van der Waals surface area contributed by atoms with Crippen molar-refractivity contribution in [3.05, 3.63) is 30.3 Å². The molecular weight excluding hydrogens is 252 g/mol. The number of amides is 1. The van der Waals surface area contributed by atoms with Gasteiger partial charge in [-0.2, -0.15) is 0 Å². The first kappa shape index (κ1) is 11.8. The zero-order chi connectivity index (χ0) is 12.8. The van der Waals surface area contributed by atoms with E-state index in [1.54, 1.807) is 12.1 Å². The summed E-state index contributed by atoms with van der Waals surface area (Å²) in [6, 6.07) is 3.32. The van der Waals surface area contributed by atoms with Gasteiger partial charge in [-0.3, -0.25) is 4.79 Å². The van der Waals surface area contributed by atoms with Crippen LogP contribution < -0.4 is 10.1 Å². The molecule has 1 N–H and O–H groups in total. The number of hydrogen-bond donors (Lipinski definition) is 1. The third-order valence-corrected chi connectivity index (χ3v) is 3.82. The topological polar surface area (TPSA) is 51.2 Å². The molecule has 2 bridgehead atoms. The third kappa shape index (κ3) is 2.05. The molecule has 0 aliphatic heterocycles. The molecule has 1 radical (unpaired) electrons. The van der Waals surface area contributed by atoms with Crippen LogP contribution in [0.3, 0.4) is 0 Å². The van der Waals surface area contributed by atoms with Crippen LogP contribution in [0.5, 0.6) is 5.88 Å². The van der Waals surface area contributed by atoms with Crippen molar-refractivity contribution >= 4 is 17.5 Å². The second kappa shape index (κ2) is 3.85. The molecule has 4 rings (SSSR count). The molecule has 0 aromatic carbocycles. The second-order valence-corrected chi connectivity index (χ2v) is 5.90. The van der Waals surface area contributed by atoms with Crippen LogP contribution in [0, 0.1) is 12.3 Å². The molecule has 1 amide bonds. The predicted octanol–water partition coefficient (Wildman–Crippen LogP) is 1.99. The predicted molar refractivity (Wildman–Crippen MR) is 67.3 cm³/mol. The monoisotopic (exact) mass is 265 g/mol. The molecule has 5 heteroatoms. The summed E-state index contributed by atoms with van der Waals surface area (Å²) in [5, 5.41) is 3.55. The quantitative estimate of drug-likeness (QED) is 0.906. The van der Waals surface area contributed by atoms with E-state index in [0.717, 1.165) is 19.3 Å². The van der Waals surface area contributed by atoms with Gasteiger partial charge in [0.25, 0.3) is 5.91 Å². The molecular formula is C13H14ClN2O2. The van der Waals surface area contributed by atoms with E-state index in [1.165, 1.54) is 6.20 Å². The number of aromatic nitrogens is 1. The van der Waals surface area contributed by atoms with Crippen LogP contribution in [0.25, 0.3) is 0 Å². The Morgan fingerprint density at radius 1 is 1.50 bits per heavy atom. The SMILES string of the molecule is [CH2]C12CC(NC(=O)COc3ccc(Cl)cn3)(C1)C2. The molecule has 18 heavy (non-hydrogen) atoms. The number of hydrogen-bond acceptors (Lipinski definition) is 3. The number of rotatable bonds is 4. The van der Waals surface area contributed by atoms with Crippen molar-refractivity contribution in [2.24, 2.45) is 5.41 Å². The van der Waals surface area contributed by atoms with Crippen LogP contribution in [0.2, 0.25) is 5.02 Å². The zero-order valence-electron chi connectivity index (χ0n) is 9.91. The van der Waals surface area contributed by atoms with E-state index in [4.69, 9.17) is 16.3 Å². The van der Waals surface area contributed by atoms with Gasteiger partial charge in [-0.05, 0) is 37.7 Å². The highest BCUT2D eigenvalue weighted by Crippen LogP contribution is 2.66. The highest BCUT2D eigenvalue weighted by atomic mass is 35.5. The molecule has 3 aliphatic carbocycles. The van der Waals surface area contributed by atoms with Crippen LogP contribution >= 0.6 is 11.6 Å². The molecule has 0 saturated heterocycles. The van der Waals surface area contributed by atoms with Crippen molar-refractivity contribution in [2.45, 2.75) is 24.8 Å². The lowest BCUT2D eigenvalue weighted by molar-refractivity contribution is -0.148. The van der Waals surface area contributed by atoms with Crippen LogP contribution in [0.1, 0.15) is 19.3 Å². The number of nitrogens with one attached hydrogen (secondary N) is 1. The smallest absolute Gasteiger partial charge is 0.258 e. The Bertz CT molecular complexity index is 466. The molecule has 0 spiro atoms. The minimum absolute atomic E-state index is 0.00954. The Kier molecular flexibility index (Phi) is 2.52. The van der Waals surface area contributed by atoms with E-state index in [0.29, 0.717) is 10.9 Å². The Labute approximate surface area is 111 Å². The maximum Gasteiger partial charge on any atom is 0.258 e. The third-order valence-electron chi connectivity index (χ3n) is 3.60.